The summed E-state index contributed by atoms with van der Waals surface area (Å²) in [6.45, 7) is 10.9. The lowest BCUT2D eigenvalue weighted by Gasteiger charge is -2.28. The number of hydrogen-bond acceptors (Lipinski definition) is 2. The minimum Gasteiger partial charge on any atom is -0.437 e. The van der Waals surface area contributed by atoms with Gasteiger partial charge in [0.15, 0.2) is 0 Å². The van der Waals surface area contributed by atoms with Gasteiger partial charge in [-0.15, -0.1) is 0 Å². The molecule has 0 aromatic rings. The zero-order valence-corrected chi connectivity index (χ0v) is 9.49. The minimum absolute atomic E-state index is 0.302. The van der Waals surface area contributed by atoms with E-state index in [1.807, 2.05) is 6.82 Å². The third-order valence-electron chi connectivity index (χ3n) is 3.90. The van der Waals surface area contributed by atoms with Gasteiger partial charge >= 0.3 is 7.05 Å². The molecule has 4 atom stereocenters. The van der Waals surface area contributed by atoms with Crippen LogP contribution in [0.15, 0.2) is 0 Å². The second kappa shape index (κ2) is 4.01. The fourth-order valence-corrected chi connectivity index (χ4v) is 3.05. The molecule has 3 heteroatoms. The zero-order valence-electron chi connectivity index (χ0n) is 9.49. The van der Waals surface area contributed by atoms with E-state index in [0.717, 1.165) is 5.92 Å². The third-order valence-corrected chi connectivity index (χ3v) is 3.90. The predicted octanol–water partition coefficient (Wildman–Crippen LogP) is 1.85. The van der Waals surface area contributed by atoms with E-state index < -0.39 is 0 Å². The molecule has 1 aliphatic rings. The van der Waals surface area contributed by atoms with Crippen LogP contribution in [0.25, 0.3) is 0 Å². The van der Waals surface area contributed by atoms with E-state index in [0.29, 0.717) is 18.0 Å². The maximum atomic E-state index is 9.65. The maximum Gasteiger partial charge on any atom is 0.376 e. The molecule has 1 N–H and O–H groups in total. The Hall–Kier alpha value is -0.0151. The van der Waals surface area contributed by atoms with E-state index in [1.165, 1.54) is 6.42 Å². The summed E-state index contributed by atoms with van der Waals surface area (Å²) in [7, 11) is -0.302. The van der Waals surface area contributed by atoms with Crippen molar-refractivity contribution in [3.05, 3.63) is 0 Å². The normalized spacial score (nSPS) is 41.1. The highest BCUT2D eigenvalue weighted by atomic mass is 16.2. The van der Waals surface area contributed by atoms with Crippen molar-refractivity contribution in [1.82, 2.24) is 4.81 Å². The standard InChI is InChI=1S/C10H22BNO/c1-6-10-7(2)8(3)12(9(10)4)11(5)13/h7-10,13H,6H2,1-5H3/t7-,8+,9?,10?/m1/s1. The molecule has 0 aliphatic carbocycles. The maximum absolute atomic E-state index is 9.65. The Morgan fingerprint density at radius 1 is 1.23 bits per heavy atom. The van der Waals surface area contributed by atoms with Gasteiger partial charge < -0.3 is 9.83 Å². The average Bonchev–Trinajstić information content (AvgIpc) is 2.24. The fraction of sp³-hybridized carbons (Fsp3) is 1.00. The van der Waals surface area contributed by atoms with Crippen LogP contribution in [0.3, 0.4) is 0 Å². The molecule has 2 nitrogen and oxygen atoms in total. The van der Waals surface area contributed by atoms with Gasteiger partial charge in [-0.2, -0.15) is 0 Å². The van der Waals surface area contributed by atoms with Crippen LogP contribution >= 0.6 is 0 Å². The first-order valence-corrected chi connectivity index (χ1v) is 5.46. The molecule has 0 saturated carbocycles. The Balaban J connectivity index is 2.78. The van der Waals surface area contributed by atoms with Gasteiger partial charge in [0.1, 0.15) is 0 Å². The molecule has 0 bridgehead atoms. The molecule has 0 aromatic heterocycles. The molecule has 0 spiro atoms. The van der Waals surface area contributed by atoms with Crippen LogP contribution in [-0.2, 0) is 0 Å². The van der Waals surface area contributed by atoms with E-state index in [2.05, 4.69) is 32.5 Å². The molecular weight excluding hydrogens is 161 g/mol. The summed E-state index contributed by atoms with van der Waals surface area (Å²) >= 11 is 0. The van der Waals surface area contributed by atoms with Crippen molar-refractivity contribution in [3.63, 3.8) is 0 Å². The van der Waals surface area contributed by atoms with Crippen LogP contribution in [0.5, 0.6) is 0 Å². The zero-order chi connectivity index (χ0) is 10.2. The second-order valence-electron chi connectivity index (χ2n) is 4.49. The monoisotopic (exact) mass is 183 g/mol. The largest absolute Gasteiger partial charge is 0.437 e. The van der Waals surface area contributed by atoms with E-state index >= 15 is 0 Å². The van der Waals surface area contributed by atoms with Gasteiger partial charge in [-0.25, -0.2) is 0 Å². The van der Waals surface area contributed by atoms with Crippen molar-refractivity contribution in [2.24, 2.45) is 11.8 Å². The highest BCUT2D eigenvalue weighted by Crippen LogP contribution is 2.36. The van der Waals surface area contributed by atoms with Crippen molar-refractivity contribution in [2.75, 3.05) is 0 Å². The third kappa shape index (κ3) is 1.77. The van der Waals surface area contributed by atoms with Gasteiger partial charge in [0.25, 0.3) is 0 Å². The van der Waals surface area contributed by atoms with Crippen LogP contribution in [-0.4, -0.2) is 29.0 Å². The Bertz CT molecular complexity index is 174. The van der Waals surface area contributed by atoms with Gasteiger partial charge in [-0.3, -0.25) is 0 Å². The smallest absolute Gasteiger partial charge is 0.376 e. The molecule has 2 unspecified atom stereocenters. The Morgan fingerprint density at radius 2 is 1.77 bits per heavy atom. The summed E-state index contributed by atoms with van der Waals surface area (Å²) in [4.78, 5) is 2.23. The molecule has 1 rings (SSSR count). The Labute approximate surface area is 82.5 Å². The topological polar surface area (TPSA) is 23.5 Å². The molecule has 0 aromatic carbocycles. The van der Waals surface area contributed by atoms with Gasteiger partial charge in [-0.1, -0.05) is 34.1 Å². The highest BCUT2D eigenvalue weighted by Gasteiger charge is 2.43. The van der Waals surface area contributed by atoms with Gasteiger partial charge in [0, 0.05) is 12.1 Å². The number of hydrogen-bond donors (Lipinski definition) is 1. The lowest BCUT2D eigenvalue weighted by Crippen LogP contribution is -2.45. The van der Waals surface area contributed by atoms with Crippen molar-refractivity contribution in [1.29, 1.82) is 0 Å². The van der Waals surface area contributed by atoms with Crippen molar-refractivity contribution in [2.45, 2.75) is 53.0 Å². The average molecular weight is 183 g/mol. The fourth-order valence-electron chi connectivity index (χ4n) is 3.05. The summed E-state index contributed by atoms with van der Waals surface area (Å²) < 4.78 is 0. The van der Waals surface area contributed by atoms with E-state index in [4.69, 9.17) is 0 Å². The van der Waals surface area contributed by atoms with E-state index in [1.54, 1.807) is 0 Å². The van der Waals surface area contributed by atoms with Crippen LogP contribution in [0.4, 0.5) is 0 Å². The van der Waals surface area contributed by atoms with Crippen LogP contribution in [0, 0.1) is 11.8 Å². The van der Waals surface area contributed by atoms with Crippen LogP contribution in [0.2, 0.25) is 6.82 Å². The van der Waals surface area contributed by atoms with E-state index in [9.17, 15) is 5.02 Å². The molecule has 0 radical (unpaired) electrons. The lowest BCUT2D eigenvalue weighted by molar-refractivity contribution is 0.287. The van der Waals surface area contributed by atoms with Crippen LogP contribution < -0.4 is 0 Å². The second-order valence-corrected chi connectivity index (χ2v) is 4.49. The quantitative estimate of drug-likeness (QED) is 0.660. The highest BCUT2D eigenvalue weighted by molar-refractivity contribution is 6.45. The summed E-state index contributed by atoms with van der Waals surface area (Å²) in [5.41, 5.74) is 0. The van der Waals surface area contributed by atoms with Gasteiger partial charge in [-0.05, 0) is 18.7 Å². The van der Waals surface area contributed by atoms with Crippen molar-refractivity contribution < 1.29 is 5.02 Å². The summed E-state index contributed by atoms with van der Waals surface area (Å²) in [6.07, 6.45) is 1.22. The minimum atomic E-state index is -0.302. The first-order chi connectivity index (χ1) is 6.00. The SMILES string of the molecule is CCC1C(C)N(B(C)O)[C@@H](C)[C@H]1C. The van der Waals surface area contributed by atoms with Gasteiger partial charge in [0.2, 0.25) is 0 Å². The van der Waals surface area contributed by atoms with Gasteiger partial charge in [0.05, 0.1) is 0 Å². The molecule has 13 heavy (non-hydrogen) atoms. The predicted molar refractivity (Wildman–Crippen MR) is 57.5 cm³/mol. The molecule has 1 heterocycles. The van der Waals surface area contributed by atoms with Crippen LogP contribution in [0.1, 0.15) is 34.1 Å². The number of nitrogens with zero attached hydrogens (tertiary/aromatic N) is 1. The summed E-state index contributed by atoms with van der Waals surface area (Å²) in [5, 5.41) is 9.65. The molecule has 0 amide bonds. The summed E-state index contributed by atoms with van der Waals surface area (Å²) in [5.74, 6) is 1.44. The van der Waals surface area contributed by atoms with Crippen molar-refractivity contribution >= 4 is 7.05 Å². The number of rotatable bonds is 2. The summed E-state index contributed by atoms with van der Waals surface area (Å²) in [6, 6.07) is 1.04. The lowest BCUT2D eigenvalue weighted by atomic mass is 9.82. The van der Waals surface area contributed by atoms with E-state index in [-0.39, 0.29) is 7.05 Å². The Morgan fingerprint density at radius 3 is 2.00 bits per heavy atom. The molecule has 1 aliphatic heterocycles. The van der Waals surface area contributed by atoms with Crippen molar-refractivity contribution in [3.8, 4) is 0 Å². The molecule has 1 fully saturated rings. The first kappa shape index (κ1) is 11.1. The Kier molecular flexibility index (Phi) is 3.41. The molecule has 76 valence electrons. The first-order valence-electron chi connectivity index (χ1n) is 5.46. The molecular formula is C10H22BNO. The molecule has 1 saturated heterocycles.